The number of esters is 1. The maximum Gasteiger partial charge on any atom is 0.339 e. The minimum absolute atomic E-state index is 0.400. The molecular weight excluding hydrogens is 184 g/mol. The summed E-state index contributed by atoms with van der Waals surface area (Å²) >= 11 is 0. The predicted molar refractivity (Wildman–Crippen MR) is 50.6 cm³/mol. The van der Waals surface area contributed by atoms with Gasteiger partial charge in [-0.05, 0) is 12.1 Å². The number of hydrogen-bond donors (Lipinski definition) is 2. The molecule has 0 aliphatic heterocycles. The fourth-order valence-corrected chi connectivity index (χ4v) is 0.793. The SMILES string of the molecule is COC(=O)c1ccccc1N.N=C=O. The molecule has 0 aromatic heterocycles. The monoisotopic (exact) mass is 194 g/mol. The molecule has 74 valence electrons. The smallest absolute Gasteiger partial charge is 0.339 e. The lowest BCUT2D eigenvalue weighted by Gasteiger charge is -2.00. The van der Waals surface area contributed by atoms with Crippen molar-refractivity contribution in [3.63, 3.8) is 0 Å². The van der Waals surface area contributed by atoms with E-state index in [2.05, 4.69) is 4.74 Å². The molecule has 0 heterocycles. The third-order valence-corrected chi connectivity index (χ3v) is 1.37. The van der Waals surface area contributed by atoms with Crippen LogP contribution < -0.4 is 5.73 Å². The van der Waals surface area contributed by atoms with Crippen molar-refractivity contribution in [1.29, 1.82) is 5.41 Å². The Morgan fingerprint density at radius 2 is 2.00 bits per heavy atom. The first-order valence-electron chi connectivity index (χ1n) is 3.64. The highest BCUT2D eigenvalue weighted by Gasteiger charge is 2.06. The number of rotatable bonds is 1. The number of benzene rings is 1. The van der Waals surface area contributed by atoms with Gasteiger partial charge >= 0.3 is 5.97 Å². The van der Waals surface area contributed by atoms with Crippen LogP contribution in [0.3, 0.4) is 0 Å². The Balaban J connectivity index is 0.000000500. The first-order valence-corrected chi connectivity index (χ1v) is 3.64. The van der Waals surface area contributed by atoms with Crippen molar-refractivity contribution >= 4 is 17.7 Å². The minimum Gasteiger partial charge on any atom is -0.465 e. The van der Waals surface area contributed by atoms with Crippen molar-refractivity contribution in [2.24, 2.45) is 0 Å². The molecule has 0 aliphatic carbocycles. The third kappa shape index (κ3) is 3.51. The summed E-state index contributed by atoms with van der Waals surface area (Å²) in [5, 5.41) is 5.40. The molecule has 1 rings (SSSR count). The summed E-state index contributed by atoms with van der Waals surface area (Å²) in [6.45, 7) is 0. The van der Waals surface area contributed by atoms with Gasteiger partial charge in [-0.3, -0.25) is 0 Å². The molecule has 0 aliphatic rings. The average molecular weight is 194 g/mol. The fraction of sp³-hybridized carbons (Fsp3) is 0.111. The van der Waals surface area contributed by atoms with E-state index in [0.29, 0.717) is 11.3 Å². The Bertz CT molecular complexity index is 344. The van der Waals surface area contributed by atoms with Gasteiger partial charge in [0.25, 0.3) is 0 Å². The summed E-state index contributed by atoms with van der Waals surface area (Å²) in [5.41, 5.74) is 6.35. The van der Waals surface area contributed by atoms with Crippen LogP contribution in [-0.2, 0) is 9.53 Å². The Morgan fingerprint density at radius 1 is 1.50 bits per heavy atom. The molecule has 5 heteroatoms. The Hall–Kier alpha value is -2.13. The van der Waals surface area contributed by atoms with Gasteiger partial charge in [0.05, 0.1) is 12.7 Å². The standard InChI is InChI=1S/C8H9NO2.CHNO/c1-11-8(10)6-4-2-3-5-7(6)9;2-1-3/h2-5H,9H2,1H3;2H. The lowest BCUT2D eigenvalue weighted by Crippen LogP contribution is -2.04. The van der Waals surface area contributed by atoms with Crippen LogP contribution in [0.2, 0.25) is 0 Å². The quantitative estimate of drug-likeness (QED) is 0.301. The average Bonchev–Trinajstić information content (AvgIpc) is 2.19. The van der Waals surface area contributed by atoms with Gasteiger partial charge < -0.3 is 10.5 Å². The molecule has 0 fully saturated rings. The summed E-state index contributed by atoms with van der Waals surface area (Å²) in [4.78, 5) is 19.3. The summed E-state index contributed by atoms with van der Waals surface area (Å²) in [6, 6.07) is 6.79. The van der Waals surface area contributed by atoms with Crippen LogP contribution in [0.1, 0.15) is 10.4 Å². The highest BCUT2D eigenvalue weighted by Crippen LogP contribution is 2.10. The van der Waals surface area contributed by atoms with E-state index in [9.17, 15) is 4.79 Å². The van der Waals surface area contributed by atoms with Gasteiger partial charge in [0.15, 0.2) is 0 Å². The molecule has 0 bridgehead atoms. The van der Waals surface area contributed by atoms with Crippen LogP contribution >= 0.6 is 0 Å². The number of hydrogen-bond acceptors (Lipinski definition) is 5. The van der Waals surface area contributed by atoms with Crippen molar-refractivity contribution in [3.8, 4) is 0 Å². The molecule has 0 saturated carbocycles. The second-order valence-corrected chi connectivity index (χ2v) is 2.18. The van der Waals surface area contributed by atoms with Crippen LogP contribution in [0, 0.1) is 5.41 Å². The highest BCUT2D eigenvalue weighted by atomic mass is 16.5. The molecule has 0 atom stereocenters. The molecule has 1 aromatic carbocycles. The van der Waals surface area contributed by atoms with E-state index in [1.165, 1.54) is 7.11 Å². The van der Waals surface area contributed by atoms with Crippen LogP contribution in [0.15, 0.2) is 24.3 Å². The van der Waals surface area contributed by atoms with Crippen LogP contribution in [-0.4, -0.2) is 19.2 Å². The van der Waals surface area contributed by atoms with E-state index in [0.717, 1.165) is 6.08 Å². The molecule has 0 amide bonds. The Kier molecular flexibility index (Phi) is 5.42. The molecule has 0 spiro atoms. The zero-order chi connectivity index (χ0) is 11.0. The maximum atomic E-state index is 10.9. The summed E-state index contributed by atoms with van der Waals surface area (Å²) < 4.78 is 4.50. The fourth-order valence-electron chi connectivity index (χ4n) is 0.793. The van der Waals surface area contributed by atoms with E-state index < -0.39 is 5.97 Å². The predicted octanol–water partition coefficient (Wildman–Crippen LogP) is 0.956. The topological polar surface area (TPSA) is 93.2 Å². The molecule has 0 unspecified atom stereocenters. The van der Waals surface area contributed by atoms with Crippen molar-refractivity contribution < 1.29 is 14.3 Å². The van der Waals surface area contributed by atoms with E-state index in [4.69, 9.17) is 15.9 Å². The second-order valence-electron chi connectivity index (χ2n) is 2.18. The number of nitrogen functional groups attached to an aromatic ring is 1. The molecule has 14 heavy (non-hydrogen) atoms. The number of methoxy groups -OCH3 is 1. The first kappa shape index (κ1) is 11.9. The minimum atomic E-state index is -0.400. The molecule has 1 aromatic rings. The van der Waals surface area contributed by atoms with Gasteiger partial charge in [0, 0.05) is 5.69 Å². The lowest BCUT2D eigenvalue weighted by molar-refractivity contribution is 0.0602. The van der Waals surface area contributed by atoms with Crippen molar-refractivity contribution in [2.45, 2.75) is 0 Å². The third-order valence-electron chi connectivity index (χ3n) is 1.37. The molecule has 0 saturated heterocycles. The first-order chi connectivity index (χ1) is 6.67. The van der Waals surface area contributed by atoms with Crippen LogP contribution in [0.4, 0.5) is 5.69 Å². The van der Waals surface area contributed by atoms with E-state index in [1.54, 1.807) is 24.3 Å². The normalized spacial score (nSPS) is 7.79. The van der Waals surface area contributed by atoms with Crippen LogP contribution in [0.25, 0.3) is 0 Å². The number of carbonyl (C=O) groups is 1. The molecule has 5 nitrogen and oxygen atoms in total. The lowest BCUT2D eigenvalue weighted by atomic mass is 10.2. The number of nitrogens with one attached hydrogen (secondary N) is 1. The van der Waals surface area contributed by atoms with Crippen molar-refractivity contribution in [3.05, 3.63) is 29.8 Å². The number of isocyanates is 1. The van der Waals surface area contributed by atoms with Gasteiger partial charge in [-0.1, -0.05) is 12.1 Å². The maximum absolute atomic E-state index is 10.9. The number of nitrogens with two attached hydrogens (primary N) is 1. The van der Waals surface area contributed by atoms with E-state index in [-0.39, 0.29) is 0 Å². The second kappa shape index (κ2) is 6.39. The van der Waals surface area contributed by atoms with Crippen LogP contribution in [0.5, 0.6) is 0 Å². The van der Waals surface area contributed by atoms with Gasteiger partial charge in [-0.25, -0.2) is 15.0 Å². The van der Waals surface area contributed by atoms with E-state index in [1.807, 2.05) is 0 Å². The summed E-state index contributed by atoms with van der Waals surface area (Å²) in [6.07, 6.45) is 0.750. The number of anilines is 1. The summed E-state index contributed by atoms with van der Waals surface area (Å²) in [5.74, 6) is -0.400. The molecular formula is C9H10N2O3. The van der Waals surface area contributed by atoms with Crippen molar-refractivity contribution in [1.82, 2.24) is 0 Å². The highest BCUT2D eigenvalue weighted by molar-refractivity contribution is 5.94. The Morgan fingerprint density at radius 3 is 2.43 bits per heavy atom. The zero-order valence-corrected chi connectivity index (χ0v) is 7.61. The number of ether oxygens (including phenoxy) is 1. The van der Waals surface area contributed by atoms with Gasteiger partial charge in [-0.2, -0.15) is 0 Å². The molecule has 3 N–H and O–H groups in total. The zero-order valence-electron chi connectivity index (χ0n) is 7.61. The van der Waals surface area contributed by atoms with Gasteiger partial charge in [0.1, 0.15) is 0 Å². The summed E-state index contributed by atoms with van der Waals surface area (Å²) in [7, 11) is 1.33. The Labute approximate surface area is 81.0 Å². The molecule has 0 radical (unpaired) electrons. The number of para-hydroxylation sites is 1. The van der Waals surface area contributed by atoms with Crippen molar-refractivity contribution in [2.75, 3.05) is 12.8 Å². The number of carbonyl (C=O) groups excluding carboxylic acids is 2. The largest absolute Gasteiger partial charge is 0.465 e. The van der Waals surface area contributed by atoms with Gasteiger partial charge in [0.2, 0.25) is 6.08 Å². The van der Waals surface area contributed by atoms with Gasteiger partial charge in [-0.15, -0.1) is 0 Å². The van der Waals surface area contributed by atoms with E-state index >= 15 is 0 Å².